The van der Waals surface area contributed by atoms with Gasteiger partial charge in [0.25, 0.3) is 0 Å². The minimum absolute atomic E-state index is 0.259. The Morgan fingerprint density at radius 2 is 1.82 bits per heavy atom. The number of esters is 1. The second-order valence-electron chi connectivity index (χ2n) is 4.84. The maximum Gasteiger partial charge on any atom is 0.344 e. The van der Waals surface area contributed by atoms with E-state index in [1.165, 1.54) is 6.92 Å². The van der Waals surface area contributed by atoms with Gasteiger partial charge in [-0.2, -0.15) is 0 Å². The highest BCUT2D eigenvalue weighted by atomic mass is 16.5. The molecular weight excluding hydrogens is 286 g/mol. The second-order valence-corrected chi connectivity index (χ2v) is 4.84. The Kier molecular flexibility index (Phi) is 4.60. The molecule has 116 valence electrons. The molecule has 0 aliphatic carbocycles. The molecule has 0 fully saturated rings. The van der Waals surface area contributed by atoms with E-state index in [0.717, 1.165) is 0 Å². The van der Waals surface area contributed by atoms with Crippen LogP contribution in [-0.4, -0.2) is 30.1 Å². The third-order valence-electron chi connectivity index (χ3n) is 3.27. The highest BCUT2D eigenvalue weighted by Crippen LogP contribution is 2.17. The maximum atomic E-state index is 12.3. The fourth-order valence-corrected chi connectivity index (χ4v) is 2.04. The van der Waals surface area contributed by atoms with Crippen molar-refractivity contribution >= 4 is 11.8 Å². The summed E-state index contributed by atoms with van der Waals surface area (Å²) in [6, 6.07) is 6.61. The summed E-state index contributed by atoms with van der Waals surface area (Å²) in [5.74, 6) is 0.108. The lowest BCUT2D eigenvalue weighted by molar-refractivity contribution is 0.0316. The molecule has 1 aromatic carbocycles. The third-order valence-corrected chi connectivity index (χ3v) is 3.27. The Bertz CT molecular complexity index is 668. The van der Waals surface area contributed by atoms with Crippen LogP contribution >= 0.6 is 0 Å². The Balaban J connectivity index is 2.09. The van der Waals surface area contributed by atoms with Crippen LogP contribution in [0.1, 0.15) is 39.1 Å². The number of carbonyl (C=O) groups is 2. The summed E-state index contributed by atoms with van der Waals surface area (Å²) >= 11 is 0. The summed E-state index contributed by atoms with van der Waals surface area (Å²) in [6.07, 6.45) is -0.908. The zero-order chi connectivity index (χ0) is 16.3. The van der Waals surface area contributed by atoms with Gasteiger partial charge in [-0.25, -0.2) is 4.79 Å². The van der Waals surface area contributed by atoms with Gasteiger partial charge in [-0.05, 0) is 45.0 Å². The summed E-state index contributed by atoms with van der Waals surface area (Å²) in [7, 11) is 1.55. The first kappa shape index (κ1) is 15.8. The molecule has 1 heterocycles. The van der Waals surface area contributed by atoms with Crippen molar-refractivity contribution < 1.29 is 23.6 Å². The smallest absolute Gasteiger partial charge is 0.344 e. The van der Waals surface area contributed by atoms with Gasteiger partial charge in [-0.15, -0.1) is 0 Å². The highest BCUT2D eigenvalue weighted by Gasteiger charge is 2.24. The molecule has 22 heavy (non-hydrogen) atoms. The number of hydrogen-bond acceptors (Lipinski definition) is 6. The molecule has 6 heteroatoms. The molecule has 0 bridgehead atoms. The van der Waals surface area contributed by atoms with Gasteiger partial charge in [0.1, 0.15) is 17.1 Å². The van der Waals surface area contributed by atoms with Gasteiger partial charge in [0, 0.05) is 5.56 Å². The van der Waals surface area contributed by atoms with E-state index in [1.54, 1.807) is 45.2 Å². The quantitative estimate of drug-likeness (QED) is 0.624. The van der Waals surface area contributed by atoms with E-state index in [2.05, 4.69) is 5.16 Å². The Morgan fingerprint density at radius 3 is 2.32 bits per heavy atom. The number of rotatable bonds is 5. The first-order valence-corrected chi connectivity index (χ1v) is 6.76. The van der Waals surface area contributed by atoms with Crippen LogP contribution < -0.4 is 4.74 Å². The first-order valence-electron chi connectivity index (χ1n) is 6.76. The van der Waals surface area contributed by atoms with Gasteiger partial charge >= 0.3 is 5.97 Å². The van der Waals surface area contributed by atoms with Crippen molar-refractivity contribution in [2.45, 2.75) is 26.9 Å². The van der Waals surface area contributed by atoms with Gasteiger partial charge in [-0.3, -0.25) is 4.79 Å². The topological polar surface area (TPSA) is 78.6 Å². The molecule has 6 nitrogen and oxygen atoms in total. The van der Waals surface area contributed by atoms with E-state index in [0.29, 0.717) is 22.8 Å². The Morgan fingerprint density at radius 1 is 1.18 bits per heavy atom. The number of Topliss-reactive ketones (excluding diaryl/α,β-unsaturated/α-hetero) is 1. The predicted octanol–water partition coefficient (Wildman–Crippen LogP) is 2.73. The molecule has 0 saturated heterocycles. The summed E-state index contributed by atoms with van der Waals surface area (Å²) in [5.41, 5.74) is 1.14. The van der Waals surface area contributed by atoms with Crippen LogP contribution in [0.15, 0.2) is 28.8 Å². The predicted molar refractivity (Wildman–Crippen MR) is 78.2 cm³/mol. The fraction of sp³-hybridized carbons (Fsp3) is 0.312. The molecule has 1 atom stereocenters. The molecule has 0 N–H and O–H groups in total. The van der Waals surface area contributed by atoms with E-state index < -0.39 is 12.1 Å². The standard InChI is InChI=1S/C16H17NO5/c1-9-14(10(2)22-17-9)16(19)21-11(3)15(18)12-5-7-13(20-4)8-6-12/h5-8,11H,1-4H3. The summed E-state index contributed by atoms with van der Waals surface area (Å²) in [5, 5.41) is 3.69. The number of aryl methyl sites for hydroxylation is 2. The summed E-state index contributed by atoms with van der Waals surface area (Å²) in [6.45, 7) is 4.79. The van der Waals surface area contributed by atoms with Gasteiger partial charge in [0.05, 0.1) is 12.8 Å². The molecule has 0 radical (unpaired) electrons. The lowest BCUT2D eigenvalue weighted by Gasteiger charge is -2.12. The lowest BCUT2D eigenvalue weighted by atomic mass is 10.1. The van der Waals surface area contributed by atoms with Crippen LogP contribution in [0.4, 0.5) is 0 Å². The van der Waals surface area contributed by atoms with Crippen LogP contribution in [0.5, 0.6) is 5.75 Å². The second kappa shape index (κ2) is 6.43. The number of benzene rings is 1. The van der Waals surface area contributed by atoms with Gasteiger partial charge < -0.3 is 14.0 Å². The number of ether oxygens (including phenoxy) is 2. The fourth-order valence-electron chi connectivity index (χ4n) is 2.04. The minimum Gasteiger partial charge on any atom is -0.497 e. The number of carbonyl (C=O) groups excluding carboxylic acids is 2. The van der Waals surface area contributed by atoms with Crippen LogP contribution in [0.2, 0.25) is 0 Å². The molecule has 0 aliphatic heterocycles. The first-order chi connectivity index (χ1) is 10.4. The van der Waals surface area contributed by atoms with Crippen molar-refractivity contribution in [1.82, 2.24) is 5.16 Å². The average Bonchev–Trinajstić information content (AvgIpc) is 2.85. The number of ketones is 1. The van der Waals surface area contributed by atoms with Crippen LogP contribution in [0, 0.1) is 13.8 Å². The SMILES string of the molecule is COc1ccc(C(=O)C(C)OC(=O)c2c(C)noc2C)cc1. The van der Waals surface area contributed by atoms with Crippen molar-refractivity contribution in [1.29, 1.82) is 0 Å². The third kappa shape index (κ3) is 3.16. The zero-order valence-electron chi connectivity index (χ0n) is 12.9. The molecule has 0 aliphatic rings. The lowest BCUT2D eigenvalue weighted by Crippen LogP contribution is -2.24. The molecular formula is C16H17NO5. The number of nitrogens with zero attached hydrogens (tertiary/aromatic N) is 1. The van der Waals surface area contributed by atoms with E-state index in [9.17, 15) is 9.59 Å². The van der Waals surface area contributed by atoms with Gasteiger partial charge in [0.15, 0.2) is 6.10 Å². The number of methoxy groups -OCH3 is 1. The van der Waals surface area contributed by atoms with Crippen molar-refractivity contribution in [2.24, 2.45) is 0 Å². The van der Waals surface area contributed by atoms with Crippen LogP contribution in [0.3, 0.4) is 0 Å². The molecule has 1 unspecified atom stereocenters. The number of aromatic nitrogens is 1. The van der Waals surface area contributed by atoms with E-state index in [-0.39, 0.29) is 11.3 Å². The summed E-state index contributed by atoms with van der Waals surface area (Å²) in [4.78, 5) is 24.4. The zero-order valence-corrected chi connectivity index (χ0v) is 12.9. The van der Waals surface area contributed by atoms with Gasteiger partial charge in [0.2, 0.25) is 5.78 Å². The Hall–Kier alpha value is -2.63. The van der Waals surface area contributed by atoms with Gasteiger partial charge in [-0.1, -0.05) is 5.16 Å². The van der Waals surface area contributed by atoms with E-state index in [4.69, 9.17) is 14.0 Å². The van der Waals surface area contributed by atoms with Crippen LogP contribution in [0.25, 0.3) is 0 Å². The average molecular weight is 303 g/mol. The van der Waals surface area contributed by atoms with Crippen molar-refractivity contribution in [3.63, 3.8) is 0 Å². The largest absolute Gasteiger partial charge is 0.497 e. The van der Waals surface area contributed by atoms with E-state index in [1.807, 2.05) is 0 Å². The normalized spacial score (nSPS) is 11.8. The molecule has 0 spiro atoms. The highest BCUT2D eigenvalue weighted by molar-refractivity contribution is 6.01. The van der Waals surface area contributed by atoms with Crippen molar-refractivity contribution in [3.8, 4) is 5.75 Å². The molecule has 0 saturated carbocycles. The monoisotopic (exact) mass is 303 g/mol. The Labute approximate surface area is 128 Å². The summed E-state index contributed by atoms with van der Waals surface area (Å²) < 4.78 is 15.2. The molecule has 2 aromatic rings. The van der Waals surface area contributed by atoms with Crippen molar-refractivity contribution in [2.75, 3.05) is 7.11 Å². The van der Waals surface area contributed by atoms with E-state index >= 15 is 0 Å². The maximum absolute atomic E-state index is 12.3. The molecule has 2 rings (SSSR count). The van der Waals surface area contributed by atoms with Crippen molar-refractivity contribution in [3.05, 3.63) is 46.8 Å². The minimum atomic E-state index is -0.908. The molecule has 1 aromatic heterocycles. The van der Waals surface area contributed by atoms with Crippen LogP contribution in [-0.2, 0) is 4.74 Å². The molecule has 0 amide bonds. The number of hydrogen-bond donors (Lipinski definition) is 0.